The van der Waals surface area contributed by atoms with Gasteiger partial charge in [0.05, 0.1) is 30.4 Å². The predicted octanol–water partition coefficient (Wildman–Crippen LogP) is 11.0. The molecule has 0 radical (unpaired) electrons. The molecule has 4 unspecified atom stereocenters. The summed E-state index contributed by atoms with van der Waals surface area (Å²) in [5.41, 5.74) is 9.99. The van der Waals surface area contributed by atoms with Crippen LogP contribution in [0.2, 0.25) is 0 Å². The molecule has 7 heteroatoms. The monoisotopic (exact) mass is 717 g/mol. The molecule has 0 N–H and O–H groups in total. The number of rotatable bonds is 6. The fraction of sp³-hybridized carbons (Fsp3) is 0.340. The highest BCUT2D eigenvalue weighted by molar-refractivity contribution is 5.73. The van der Waals surface area contributed by atoms with Crippen LogP contribution in [0, 0.1) is 0 Å². The van der Waals surface area contributed by atoms with E-state index in [2.05, 4.69) is 102 Å². The third-order valence-electron chi connectivity index (χ3n) is 12.2. The van der Waals surface area contributed by atoms with Gasteiger partial charge in [-0.1, -0.05) is 97.1 Å². The fourth-order valence-electron chi connectivity index (χ4n) is 9.80. The first-order chi connectivity index (χ1) is 26.6. The molecule has 5 aromatic rings. The Labute approximate surface area is 317 Å². The maximum absolute atomic E-state index is 14.4. The van der Waals surface area contributed by atoms with E-state index in [-0.39, 0.29) is 36.1 Å². The Morgan fingerprint density at radius 3 is 1.17 bits per heavy atom. The Morgan fingerprint density at radius 1 is 0.463 bits per heavy atom. The molecule has 274 valence electrons. The molecule has 1 aromatic heterocycles. The highest BCUT2D eigenvalue weighted by atomic mass is 16.6. The lowest BCUT2D eigenvalue weighted by atomic mass is 9.82. The molecule has 0 saturated heterocycles. The zero-order chi connectivity index (χ0) is 36.4. The Hall–Kier alpha value is -5.43. The number of aryl methyl sites for hydroxylation is 4. The molecule has 0 spiro atoms. The number of fused-ring (bicyclic) bond motifs is 4. The molecular formula is C47H47N3O4. The number of hydrogen-bond donors (Lipinski definition) is 0. The molecule has 0 aliphatic heterocycles. The molecule has 54 heavy (non-hydrogen) atoms. The molecule has 0 fully saturated rings. The molecule has 4 aromatic carbocycles. The van der Waals surface area contributed by atoms with Crippen molar-refractivity contribution in [1.82, 2.24) is 14.8 Å². The van der Waals surface area contributed by atoms with Gasteiger partial charge >= 0.3 is 12.2 Å². The minimum atomic E-state index is -0.409. The van der Waals surface area contributed by atoms with E-state index in [1.807, 2.05) is 9.80 Å². The summed E-state index contributed by atoms with van der Waals surface area (Å²) in [7, 11) is 0. The average molecular weight is 718 g/mol. The predicted molar refractivity (Wildman–Crippen MR) is 208 cm³/mol. The Bertz CT molecular complexity index is 1880. The van der Waals surface area contributed by atoms with Crippen LogP contribution in [0.15, 0.2) is 115 Å². The van der Waals surface area contributed by atoms with Gasteiger partial charge in [0, 0.05) is 6.07 Å². The van der Waals surface area contributed by atoms with E-state index >= 15 is 0 Å². The molecule has 1 heterocycles. The van der Waals surface area contributed by atoms with Gasteiger partial charge in [0.1, 0.15) is 0 Å². The first-order valence-electron chi connectivity index (χ1n) is 19.9. The topological polar surface area (TPSA) is 72.0 Å². The summed E-state index contributed by atoms with van der Waals surface area (Å²) in [5.74, 6) is 0.495. The zero-order valence-corrected chi connectivity index (χ0v) is 30.7. The summed E-state index contributed by atoms with van der Waals surface area (Å²) in [4.78, 5) is 37.3. The van der Waals surface area contributed by atoms with Gasteiger partial charge in [0.2, 0.25) is 5.88 Å². The molecule has 0 saturated carbocycles. The van der Waals surface area contributed by atoms with Gasteiger partial charge < -0.3 is 9.47 Å². The number of benzene rings is 4. The van der Waals surface area contributed by atoms with Gasteiger partial charge in [-0.25, -0.2) is 14.6 Å². The Morgan fingerprint density at radius 2 is 0.815 bits per heavy atom. The molecule has 4 atom stereocenters. The van der Waals surface area contributed by atoms with Crippen molar-refractivity contribution in [1.29, 1.82) is 0 Å². The highest BCUT2D eigenvalue weighted by Gasteiger charge is 2.40. The standard InChI is InChI=1S/C47H47N3O4/c51-46(49(41-25-9-17-32-13-1-5-21-37(32)41)42-26-10-18-33-14-2-6-22-38(33)42)53-36-29-30-45(48-31-36)54-47(52)50(43-27-11-19-34-15-3-7-23-39(34)43)44-28-12-20-35-16-4-8-24-40(35)44/h1-8,13-16,21-24,29-31,41-44H,9-12,17-20,25-28H2. The van der Waals surface area contributed by atoms with Crippen molar-refractivity contribution < 1.29 is 19.1 Å². The first-order valence-corrected chi connectivity index (χ1v) is 19.9. The molecule has 4 aliphatic carbocycles. The molecular weight excluding hydrogens is 671 g/mol. The normalized spacial score (nSPS) is 21.3. The van der Waals surface area contributed by atoms with Crippen molar-refractivity contribution >= 4 is 12.2 Å². The summed E-state index contributed by atoms with van der Waals surface area (Å²) in [5, 5.41) is 0. The lowest BCUT2D eigenvalue weighted by Crippen LogP contribution is -2.42. The van der Waals surface area contributed by atoms with Crippen LogP contribution in [0.1, 0.15) is 120 Å². The van der Waals surface area contributed by atoms with Crippen molar-refractivity contribution in [3.8, 4) is 11.6 Å². The van der Waals surface area contributed by atoms with Gasteiger partial charge in [-0.15, -0.1) is 0 Å². The number of nitrogens with zero attached hydrogens (tertiary/aromatic N) is 3. The third-order valence-corrected chi connectivity index (χ3v) is 12.2. The van der Waals surface area contributed by atoms with E-state index < -0.39 is 6.09 Å². The summed E-state index contributed by atoms with van der Waals surface area (Å²) in [6, 6.07) is 37.0. The third kappa shape index (κ3) is 6.65. The molecule has 9 rings (SSSR count). The van der Waals surface area contributed by atoms with Crippen LogP contribution in [0.25, 0.3) is 0 Å². The van der Waals surface area contributed by atoms with E-state index in [0.29, 0.717) is 5.75 Å². The van der Waals surface area contributed by atoms with Crippen LogP contribution in [0.3, 0.4) is 0 Å². The summed E-state index contributed by atoms with van der Waals surface area (Å²) in [6.45, 7) is 0. The molecule has 4 aliphatic rings. The molecule has 2 amide bonds. The van der Waals surface area contributed by atoms with Gasteiger partial charge in [-0.05, 0) is 128 Å². The number of pyridine rings is 1. The van der Waals surface area contributed by atoms with Crippen LogP contribution < -0.4 is 9.47 Å². The minimum absolute atomic E-state index is 0.0902. The quantitative estimate of drug-likeness (QED) is 0.175. The number of carbonyl (C=O) groups excluding carboxylic acids is 2. The Balaban J connectivity index is 0.980. The van der Waals surface area contributed by atoms with Crippen molar-refractivity contribution in [2.24, 2.45) is 0 Å². The summed E-state index contributed by atoms with van der Waals surface area (Å²) < 4.78 is 12.3. The van der Waals surface area contributed by atoms with Gasteiger partial charge in [0.15, 0.2) is 5.75 Å². The first kappa shape index (κ1) is 34.3. The van der Waals surface area contributed by atoms with E-state index in [4.69, 9.17) is 9.47 Å². The Kier molecular flexibility index (Phi) is 9.62. The van der Waals surface area contributed by atoms with Crippen molar-refractivity contribution in [3.05, 3.63) is 160 Å². The van der Waals surface area contributed by atoms with Crippen LogP contribution in [0.4, 0.5) is 9.59 Å². The second kappa shape index (κ2) is 15.1. The van der Waals surface area contributed by atoms with E-state index in [1.54, 1.807) is 12.1 Å². The fourth-order valence-corrected chi connectivity index (χ4v) is 9.80. The van der Waals surface area contributed by atoms with Crippen LogP contribution in [-0.2, 0) is 25.7 Å². The minimum Gasteiger partial charge on any atom is -0.409 e. The van der Waals surface area contributed by atoms with E-state index in [9.17, 15) is 9.59 Å². The van der Waals surface area contributed by atoms with Gasteiger partial charge in [-0.2, -0.15) is 0 Å². The number of amides is 2. The van der Waals surface area contributed by atoms with Crippen molar-refractivity contribution in [3.63, 3.8) is 0 Å². The lowest BCUT2D eigenvalue weighted by Gasteiger charge is -2.42. The van der Waals surface area contributed by atoms with Crippen LogP contribution >= 0.6 is 0 Å². The summed E-state index contributed by atoms with van der Waals surface area (Å²) in [6.07, 6.45) is 12.3. The highest BCUT2D eigenvalue weighted by Crippen LogP contribution is 2.45. The number of carbonyl (C=O) groups is 2. The zero-order valence-electron chi connectivity index (χ0n) is 30.7. The number of aromatic nitrogens is 1. The van der Waals surface area contributed by atoms with E-state index in [1.165, 1.54) is 50.7 Å². The molecule has 0 bridgehead atoms. The number of ether oxygens (including phenoxy) is 2. The largest absolute Gasteiger partial charge is 0.417 e. The maximum atomic E-state index is 14.4. The molecule has 7 nitrogen and oxygen atoms in total. The van der Waals surface area contributed by atoms with Gasteiger partial charge in [0.25, 0.3) is 0 Å². The average Bonchev–Trinajstić information content (AvgIpc) is 3.22. The summed E-state index contributed by atoms with van der Waals surface area (Å²) >= 11 is 0. The van der Waals surface area contributed by atoms with Crippen molar-refractivity contribution in [2.45, 2.75) is 101 Å². The SMILES string of the molecule is O=C(Oc1ccc(OC(=O)N(C2CCCc3ccccc32)C2CCCc3ccccc32)nc1)N(C1CCCc2ccccc21)C1CCCc2ccccc21. The second-order valence-electron chi connectivity index (χ2n) is 15.3. The van der Waals surface area contributed by atoms with Crippen molar-refractivity contribution in [2.75, 3.05) is 0 Å². The lowest BCUT2D eigenvalue weighted by molar-refractivity contribution is 0.0878. The maximum Gasteiger partial charge on any atom is 0.417 e. The smallest absolute Gasteiger partial charge is 0.409 e. The second-order valence-corrected chi connectivity index (χ2v) is 15.3. The van der Waals surface area contributed by atoms with E-state index in [0.717, 1.165) is 77.0 Å². The van der Waals surface area contributed by atoms with Crippen LogP contribution in [0.5, 0.6) is 11.6 Å². The van der Waals surface area contributed by atoms with Crippen LogP contribution in [-0.4, -0.2) is 27.0 Å². The number of hydrogen-bond acceptors (Lipinski definition) is 5. The van der Waals surface area contributed by atoms with Gasteiger partial charge in [-0.3, -0.25) is 9.80 Å².